The average Bonchev–Trinajstić information content (AvgIpc) is 3.42. The van der Waals surface area contributed by atoms with Gasteiger partial charge in [-0.05, 0) is 25.2 Å². The largest absolute Gasteiger partial charge is 0.467 e. The number of rotatable bonds is 7. The zero-order valence-corrected chi connectivity index (χ0v) is 17.2. The molecule has 4 fully saturated rings. The first-order valence-corrected chi connectivity index (χ1v) is 10.4. The molecule has 1 aliphatic heterocycles. The second-order valence-electron chi connectivity index (χ2n) is 8.66. The molecule has 14 heteroatoms. The number of ether oxygens (including phenoxy) is 3. The molecule has 2 aromatic rings. The number of anilines is 1. The molecule has 6 rings (SSSR count). The van der Waals surface area contributed by atoms with E-state index in [9.17, 15) is 22.8 Å². The van der Waals surface area contributed by atoms with Gasteiger partial charge in [-0.2, -0.15) is 18.3 Å². The van der Waals surface area contributed by atoms with E-state index >= 15 is 0 Å². The van der Waals surface area contributed by atoms with E-state index < -0.39 is 37.0 Å². The van der Waals surface area contributed by atoms with E-state index in [-0.39, 0.29) is 29.5 Å². The van der Waals surface area contributed by atoms with Gasteiger partial charge in [0.2, 0.25) is 5.88 Å². The summed E-state index contributed by atoms with van der Waals surface area (Å²) < 4.78 is 52.2. The van der Waals surface area contributed by atoms with Gasteiger partial charge in [0.25, 0.3) is 5.91 Å². The van der Waals surface area contributed by atoms with E-state index in [0.29, 0.717) is 12.1 Å². The minimum Gasteiger partial charge on any atom is -0.467 e. The molecule has 0 spiro atoms. The van der Waals surface area contributed by atoms with Gasteiger partial charge in [0, 0.05) is 24.1 Å². The van der Waals surface area contributed by atoms with Crippen LogP contribution in [-0.4, -0.2) is 63.4 Å². The van der Waals surface area contributed by atoms with Gasteiger partial charge in [-0.3, -0.25) is 15.0 Å². The van der Waals surface area contributed by atoms with E-state index in [0.717, 1.165) is 31.2 Å². The number of nitrogens with zero attached hydrogens (tertiary/aromatic N) is 2. The van der Waals surface area contributed by atoms with E-state index in [1.165, 1.54) is 0 Å². The molecule has 2 aromatic heterocycles. The molecule has 2 amide bonds. The Balaban J connectivity index is 1.09. The van der Waals surface area contributed by atoms with Crippen LogP contribution in [0.2, 0.25) is 0 Å². The van der Waals surface area contributed by atoms with Crippen molar-refractivity contribution in [2.75, 3.05) is 18.5 Å². The summed E-state index contributed by atoms with van der Waals surface area (Å²) in [5.41, 5.74) is 0.420. The number of hydrogen-bond acceptors (Lipinski definition) is 7. The van der Waals surface area contributed by atoms with Crippen molar-refractivity contribution in [3.63, 3.8) is 0 Å². The monoisotopic (exact) mass is 470 g/mol. The lowest BCUT2D eigenvalue weighted by atomic mass is 9.50. The maximum Gasteiger partial charge on any atom is 0.422 e. The lowest BCUT2D eigenvalue weighted by Crippen LogP contribution is -2.68. The number of nitrogens with one attached hydrogen (secondary N) is 4. The summed E-state index contributed by atoms with van der Waals surface area (Å²) in [6.07, 6.45) is -2.25. The summed E-state index contributed by atoms with van der Waals surface area (Å²) in [4.78, 5) is 24.4. The number of hydrogen-bond donors (Lipinski definition) is 4. The highest BCUT2D eigenvalue weighted by Gasteiger charge is 2.57. The molecule has 0 unspecified atom stereocenters. The summed E-state index contributed by atoms with van der Waals surface area (Å²) in [7, 11) is 0. The topological polar surface area (TPSA) is 143 Å². The molecule has 11 nitrogen and oxygen atoms in total. The van der Waals surface area contributed by atoms with Gasteiger partial charge in [-0.25, -0.2) is 4.79 Å². The van der Waals surface area contributed by atoms with Crippen molar-refractivity contribution >= 4 is 17.8 Å². The summed E-state index contributed by atoms with van der Waals surface area (Å²) >= 11 is 0. The summed E-state index contributed by atoms with van der Waals surface area (Å²) in [5.74, 6) is -0.0980. The molecule has 4 aliphatic rings. The normalized spacial score (nSPS) is 27.9. The van der Waals surface area contributed by atoms with Crippen LogP contribution in [0, 0.1) is 5.92 Å². The van der Waals surface area contributed by atoms with Crippen LogP contribution in [0.25, 0.3) is 0 Å². The van der Waals surface area contributed by atoms with Crippen LogP contribution in [0.5, 0.6) is 5.88 Å². The number of carbonyl (C=O) groups is 2. The van der Waals surface area contributed by atoms with Crippen LogP contribution in [-0.2, 0) is 9.47 Å². The van der Waals surface area contributed by atoms with Gasteiger partial charge in [-0.15, -0.1) is 5.10 Å². The molecule has 178 valence electrons. The summed E-state index contributed by atoms with van der Waals surface area (Å²) in [5, 5.41) is 18.0. The minimum absolute atomic E-state index is 0.0586. The van der Waals surface area contributed by atoms with E-state index in [1.807, 2.05) is 0 Å². The smallest absolute Gasteiger partial charge is 0.422 e. The van der Waals surface area contributed by atoms with Crippen LogP contribution in [0.3, 0.4) is 0 Å². The van der Waals surface area contributed by atoms with Gasteiger partial charge in [0.15, 0.2) is 12.4 Å². The molecule has 0 aromatic carbocycles. The molecule has 2 atom stereocenters. The highest BCUT2D eigenvalue weighted by atomic mass is 19.4. The summed E-state index contributed by atoms with van der Waals surface area (Å²) in [6.45, 7) is -1.28. The third kappa shape index (κ3) is 4.74. The first-order chi connectivity index (χ1) is 15.7. The average molecular weight is 470 g/mol. The summed E-state index contributed by atoms with van der Waals surface area (Å²) in [6, 6.07) is 2.61. The lowest BCUT2D eigenvalue weighted by molar-refractivity contribution is -0.154. The molecule has 33 heavy (non-hydrogen) atoms. The van der Waals surface area contributed by atoms with Crippen molar-refractivity contribution in [2.45, 2.75) is 49.6 Å². The fourth-order valence-corrected chi connectivity index (χ4v) is 4.32. The zero-order valence-electron chi connectivity index (χ0n) is 17.2. The lowest BCUT2D eigenvalue weighted by Gasteiger charge is -2.61. The van der Waals surface area contributed by atoms with Crippen molar-refractivity contribution in [2.24, 2.45) is 5.92 Å². The Morgan fingerprint density at radius 3 is 2.70 bits per heavy atom. The van der Waals surface area contributed by atoms with Crippen molar-refractivity contribution < 1.29 is 37.0 Å². The van der Waals surface area contributed by atoms with Gasteiger partial charge >= 0.3 is 12.3 Å². The molecule has 1 saturated heterocycles. The third-order valence-corrected chi connectivity index (χ3v) is 6.01. The second-order valence-corrected chi connectivity index (χ2v) is 8.66. The molecule has 0 radical (unpaired) electrons. The molecule has 3 heterocycles. The van der Waals surface area contributed by atoms with Crippen LogP contribution in [0.1, 0.15) is 48.0 Å². The van der Waals surface area contributed by atoms with Crippen LogP contribution in [0.15, 0.2) is 12.1 Å². The highest BCUT2D eigenvalue weighted by Crippen LogP contribution is 2.56. The first-order valence-electron chi connectivity index (χ1n) is 10.4. The zero-order chi connectivity index (χ0) is 23.2. The van der Waals surface area contributed by atoms with E-state index in [1.54, 1.807) is 6.07 Å². The SMILES string of the molecule is O=C(NC12CC(C1)C2)O[C@H]1CO[C@@H](c2cc(NC(=O)c3cc(OCC(F)(F)F)n[nH]3)n[nH]2)C1. The molecule has 4 N–H and O–H groups in total. The molecular formula is C19H21F3N6O5. The third-order valence-electron chi connectivity index (χ3n) is 6.01. The standard InChI is InChI=1S/C19H21F3N6O5/c20-19(21,22)8-32-15-3-12(26-28-15)16(29)23-14-2-11(25-27-14)13-1-10(7-31-13)33-17(30)24-18-4-9(5-18)6-18/h2-3,9-10,13H,1,4-8H2,(H,24,30)(H,26,28)(H2,23,25,27,29)/t9?,10-,13-,18?/m1/s1. The first kappa shape index (κ1) is 21.6. The maximum absolute atomic E-state index is 12.3. The van der Waals surface area contributed by atoms with Crippen molar-refractivity contribution in [3.05, 3.63) is 23.5 Å². The van der Waals surface area contributed by atoms with Gasteiger partial charge in [0.1, 0.15) is 17.9 Å². The number of carbonyl (C=O) groups excluding carboxylic acids is 2. The number of H-pyrrole nitrogens is 2. The van der Waals surface area contributed by atoms with Crippen LogP contribution < -0.4 is 15.4 Å². The molecule has 3 aliphatic carbocycles. The van der Waals surface area contributed by atoms with Crippen LogP contribution >= 0.6 is 0 Å². The maximum atomic E-state index is 12.3. The molecule has 2 bridgehead atoms. The Morgan fingerprint density at radius 1 is 1.21 bits per heavy atom. The van der Waals surface area contributed by atoms with Crippen LogP contribution in [0.4, 0.5) is 23.8 Å². The fourth-order valence-electron chi connectivity index (χ4n) is 4.32. The molecular weight excluding hydrogens is 449 g/mol. The number of alkyl carbamates (subject to hydrolysis) is 1. The van der Waals surface area contributed by atoms with E-state index in [4.69, 9.17) is 9.47 Å². The Hall–Kier alpha value is -3.29. The number of alkyl halides is 3. The number of aromatic amines is 2. The van der Waals surface area contributed by atoms with Crippen molar-refractivity contribution in [1.29, 1.82) is 0 Å². The number of aromatic nitrogens is 4. The van der Waals surface area contributed by atoms with Gasteiger partial charge in [0.05, 0.1) is 12.3 Å². The fraction of sp³-hybridized carbons (Fsp3) is 0.579. The Kier molecular flexibility index (Phi) is 5.18. The number of amides is 2. The quantitative estimate of drug-likeness (QED) is 0.487. The van der Waals surface area contributed by atoms with Gasteiger partial charge < -0.3 is 24.8 Å². The minimum atomic E-state index is -4.51. The van der Waals surface area contributed by atoms with Gasteiger partial charge in [-0.1, -0.05) is 0 Å². The Morgan fingerprint density at radius 2 is 2.00 bits per heavy atom. The van der Waals surface area contributed by atoms with Crippen molar-refractivity contribution in [1.82, 2.24) is 25.7 Å². The highest BCUT2D eigenvalue weighted by molar-refractivity contribution is 6.02. The van der Waals surface area contributed by atoms with E-state index in [2.05, 4.69) is 35.8 Å². The predicted octanol–water partition coefficient (Wildman–Crippen LogP) is 2.43. The number of halogens is 3. The Bertz CT molecular complexity index is 1040. The Labute approximate surface area is 184 Å². The predicted molar refractivity (Wildman–Crippen MR) is 103 cm³/mol. The second kappa shape index (κ2) is 7.93. The molecule has 3 saturated carbocycles. The van der Waals surface area contributed by atoms with Crippen molar-refractivity contribution in [3.8, 4) is 5.88 Å².